The van der Waals surface area contributed by atoms with Crippen molar-refractivity contribution in [2.45, 2.75) is 44.0 Å². The van der Waals surface area contributed by atoms with Crippen molar-refractivity contribution < 1.29 is 19.1 Å². The van der Waals surface area contributed by atoms with Crippen LogP contribution in [-0.4, -0.2) is 40.3 Å². The summed E-state index contributed by atoms with van der Waals surface area (Å²) < 4.78 is 17.5. The predicted octanol–water partition coefficient (Wildman–Crippen LogP) is 3.80. The molecule has 37 heavy (non-hydrogen) atoms. The Balaban J connectivity index is 1.66. The number of rotatable bonds is 2. The normalized spacial score (nSPS) is 26.2. The molecule has 186 valence electrons. The highest BCUT2D eigenvalue weighted by Crippen LogP contribution is 2.53. The highest BCUT2D eigenvalue weighted by Gasteiger charge is 2.53. The van der Waals surface area contributed by atoms with Gasteiger partial charge in [0.1, 0.15) is 12.3 Å². The maximum Gasteiger partial charge on any atom is 0.312 e. The van der Waals surface area contributed by atoms with Crippen LogP contribution < -0.4 is 16.4 Å². The van der Waals surface area contributed by atoms with Crippen LogP contribution in [0.25, 0.3) is 43.6 Å². The minimum Gasteiger partial charge on any atom is -0.374 e. The van der Waals surface area contributed by atoms with Crippen LogP contribution in [0.4, 0.5) is 4.79 Å². The van der Waals surface area contributed by atoms with Crippen LogP contribution in [0.2, 0.25) is 0 Å². The second kappa shape index (κ2) is 6.81. The molecular formula is C28H25N5O4. The molecule has 0 aliphatic carbocycles. The maximum absolute atomic E-state index is 13.3. The van der Waals surface area contributed by atoms with E-state index in [9.17, 15) is 9.59 Å². The average Bonchev–Trinajstić information content (AvgIpc) is 3.51. The van der Waals surface area contributed by atoms with Gasteiger partial charge >= 0.3 is 6.03 Å². The van der Waals surface area contributed by atoms with E-state index >= 15 is 0 Å². The molecule has 0 radical (unpaired) electrons. The highest BCUT2D eigenvalue weighted by molar-refractivity contribution is 6.31. The topological polar surface area (TPSA) is 113 Å². The van der Waals surface area contributed by atoms with Gasteiger partial charge in [0.05, 0.1) is 33.7 Å². The molecule has 0 saturated carbocycles. The van der Waals surface area contributed by atoms with Gasteiger partial charge in [-0.15, -0.1) is 0 Å². The fourth-order valence-electron chi connectivity index (χ4n) is 7.38. The van der Waals surface area contributed by atoms with Crippen molar-refractivity contribution in [1.29, 1.82) is 0 Å². The quantitative estimate of drug-likeness (QED) is 0.346. The van der Waals surface area contributed by atoms with Crippen LogP contribution in [0.1, 0.15) is 35.5 Å². The van der Waals surface area contributed by atoms with Crippen LogP contribution in [-0.2, 0) is 21.7 Å². The zero-order valence-electron chi connectivity index (χ0n) is 20.4. The van der Waals surface area contributed by atoms with E-state index in [0.29, 0.717) is 13.0 Å². The molecule has 2 aromatic heterocycles. The Labute approximate surface area is 211 Å². The highest BCUT2D eigenvalue weighted by atomic mass is 16.6. The number of nitrogens with two attached hydrogens (primary N) is 1. The van der Waals surface area contributed by atoms with E-state index in [1.54, 1.807) is 7.11 Å². The second-order valence-corrected chi connectivity index (χ2v) is 10.4. The molecule has 3 aliphatic rings. The van der Waals surface area contributed by atoms with E-state index in [0.717, 1.165) is 54.7 Å². The van der Waals surface area contributed by atoms with Gasteiger partial charge in [0.25, 0.3) is 5.91 Å². The van der Waals surface area contributed by atoms with Gasteiger partial charge in [-0.25, -0.2) is 4.79 Å². The molecule has 2 bridgehead atoms. The second-order valence-electron chi connectivity index (χ2n) is 10.4. The molecule has 8 rings (SSSR count). The molecule has 3 aromatic carbocycles. The number of nitrogens with one attached hydrogen (secondary N) is 2. The summed E-state index contributed by atoms with van der Waals surface area (Å²) in [6.07, 6.45) is -0.493. The fraction of sp³-hybridized carbons (Fsp3) is 0.286. The zero-order chi connectivity index (χ0) is 25.2. The summed E-state index contributed by atoms with van der Waals surface area (Å²) in [5.41, 5.74) is 10.3. The lowest BCUT2D eigenvalue weighted by Gasteiger charge is -2.48. The monoisotopic (exact) mass is 495 g/mol. The Morgan fingerprint density at radius 3 is 2.54 bits per heavy atom. The Hall–Kier alpha value is -4.08. The van der Waals surface area contributed by atoms with Gasteiger partial charge in [-0.05, 0) is 24.6 Å². The zero-order valence-corrected chi connectivity index (χ0v) is 20.4. The number of hydrogen-bond acceptors (Lipinski definition) is 4. The summed E-state index contributed by atoms with van der Waals surface area (Å²) >= 11 is 0. The first-order valence-corrected chi connectivity index (χ1v) is 12.5. The maximum atomic E-state index is 13.3. The summed E-state index contributed by atoms with van der Waals surface area (Å²) in [6.45, 7) is 2.49. The molecule has 0 unspecified atom stereocenters. The van der Waals surface area contributed by atoms with Crippen molar-refractivity contribution >= 4 is 55.5 Å². The van der Waals surface area contributed by atoms with E-state index in [2.05, 4.69) is 44.0 Å². The smallest absolute Gasteiger partial charge is 0.312 e. The first kappa shape index (κ1) is 21.0. The SMILES string of the molecule is CO[C@@H]1[C@H](NC(N)=O)C[C@H]2O[C@]1(C)n1c3ccccc3c3c4c(c5c6ccccc6n2c5c31)C(=O)NC4. The lowest BCUT2D eigenvalue weighted by molar-refractivity contribution is -0.255. The minimum atomic E-state index is -0.983. The van der Waals surface area contributed by atoms with Crippen molar-refractivity contribution in [2.75, 3.05) is 7.11 Å². The number of ether oxygens (including phenoxy) is 2. The summed E-state index contributed by atoms with van der Waals surface area (Å²) in [7, 11) is 1.64. The third kappa shape index (κ3) is 2.37. The Morgan fingerprint density at radius 2 is 1.81 bits per heavy atom. The number of amides is 3. The predicted molar refractivity (Wildman–Crippen MR) is 139 cm³/mol. The van der Waals surface area contributed by atoms with Gasteiger partial charge in [0, 0.05) is 41.6 Å². The van der Waals surface area contributed by atoms with Crippen molar-refractivity contribution in [3.8, 4) is 0 Å². The van der Waals surface area contributed by atoms with Crippen LogP contribution in [0, 0.1) is 0 Å². The number of hydrogen-bond donors (Lipinski definition) is 3. The van der Waals surface area contributed by atoms with Crippen molar-refractivity contribution in [2.24, 2.45) is 5.73 Å². The van der Waals surface area contributed by atoms with Crippen LogP contribution >= 0.6 is 0 Å². The lowest BCUT2D eigenvalue weighted by Crippen LogP contribution is -2.61. The summed E-state index contributed by atoms with van der Waals surface area (Å²) in [5, 5.41) is 10.1. The molecule has 9 heteroatoms. The number of fused-ring (bicyclic) bond motifs is 13. The molecule has 3 aliphatic heterocycles. The van der Waals surface area contributed by atoms with Crippen LogP contribution in [0.15, 0.2) is 48.5 Å². The molecule has 9 nitrogen and oxygen atoms in total. The first-order chi connectivity index (χ1) is 17.9. The summed E-state index contributed by atoms with van der Waals surface area (Å²) in [6, 6.07) is 15.3. The Bertz CT molecular complexity index is 1850. The summed E-state index contributed by atoms with van der Waals surface area (Å²) in [5.74, 6) is -0.0565. The summed E-state index contributed by atoms with van der Waals surface area (Å²) in [4.78, 5) is 25.4. The Morgan fingerprint density at radius 1 is 1.11 bits per heavy atom. The van der Waals surface area contributed by atoms with Gasteiger partial charge in [0.15, 0.2) is 5.72 Å². The largest absolute Gasteiger partial charge is 0.374 e. The average molecular weight is 496 g/mol. The third-order valence-electron chi connectivity index (χ3n) is 8.55. The molecule has 1 saturated heterocycles. The number of methoxy groups -OCH3 is 1. The molecule has 0 spiro atoms. The molecule has 5 heterocycles. The molecule has 4 N–H and O–H groups in total. The van der Waals surface area contributed by atoms with Crippen molar-refractivity contribution in [3.05, 3.63) is 59.7 Å². The van der Waals surface area contributed by atoms with E-state index in [4.69, 9.17) is 15.2 Å². The van der Waals surface area contributed by atoms with Crippen molar-refractivity contribution in [1.82, 2.24) is 19.8 Å². The lowest BCUT2D eigenvalue weighted by atomic mass is 9.93. The van der Waals surface area contributed by atoms with Crippen LogP contribution in [0.5, 0.6) is 0 Å². The Kier molecular flexibility index (Phi) is 3.88. The van der Waals surface area contributed by atoms with E-state index < -0.39 is 30.1 Å². The molecule has 3 amide bonds. The van der Waals surface area contributed by atoms with Crippen molar-refractivity contribution in [3.63, 3.8) is 0 Å². The van der Waals surface area contributed by atoms with Gasteiger partial charge in [0.2, 0.25) is 0 Å². The minimum absolute atomic E-state index is 0.0565. The molecule has 4 atom stereocenters. The number of urea groups is 1. The number of benzene rings is 3. The number of aromatic nitrogens is 2. The number of nitrogens with zero attached hydrogens (tertiary/aromatic N) is 2. The number of para-hydroxylation sites is 2. The van der Waals surface area contributed by atoms with Gasteiger partial charge in [-0.2, -0.15) is 0 Å². The van der Waals surface area contributed by atoms with Gasteiger partial charge in [-0.3, -0.25) is 4.79 Å². The van der Waals surface area contributed by atoms with E-state index in [1.165, 1.54) is 0 Å². The first-order valence-electron chi connectivity index (χ1n) is 12.5. The van der Waals surface area contributed by atoms with Gasteiger partial charge < -0.3 is 35.0 Å². The number of carbonyl (C=O) groups is 2. The fourth-order valence-corrected chi connectivity index (χ4v) is 7.38. The number of primary amides is 1. The number of carbonyl (C=O) groups excluding carboxylic acids is 2. The van der Waals surface area contributed by atoms with Gasteiger partial charge in [-0.1, -0.05) is 36.4 Å². The molecule has 1 fully saturated rings. The van der Waals surface area contributed by atoms with Crippen LogP contribution in [0.3, 0.4) is 0 Å². The van der Waals surface area contributed by atoms with E-state index in [1.807, 2.05) is 31.2 Å². The molecule has 5 aromatic rings. The standard InChI is InChI=1S/C28H25N5O4/c1-28-25(36-2)16(31-27(29)35)11-19(37-28)32-17-9-5-3-7-13(17)21-22-15(12-30-26(22)34)20-14-8-4-6-10-18(14)33(28)24(20)23(21)32/h3-10,16,19,25H,11-12H2,1-2H3,(H,30,34)(H3,29,31,35)/t16-,19-,25-,28+/m1/s1. The molecular weight excluding hydrogens is 470 g/mol. The van der Waals surface area contributed by atoms with E-state index in [-0.39, 0.29) is 5.91 Å². The third-order valence-corrected chi connectivity index (χ3v) is 8.55.